The Labute approximate surface area is 99.2 Å². The summed E-state index contributed by atoms with van der Waals surface area (Å²) >= 11 is 0. The molecule has 0 atom stereocenters. The molecule has 7 nitrogen and oxygen atoms in total. The number of hydrogen-bond acceptors (Lipinski definition) is 5. The zero-order chi connectivity index (χ0) is 12.3. The van der Waals surface area contributed by atoms with Crippen LogP contribution in [0.5, 0.6) is 0 Å². The van der Waals surface area contributed by atoms with Crippen LogP contribution < -0.4 is 0 Å². The number of carbonyl (C=O) groups is 1. The van der Waals surface area contributed by atoms with Gasteiger partial charge in [0.1, 0.15) is 0 Å². The van der Waals surface area contributed by atoms with Crippen LogP contribution in [0.1, 0.15) is 19.8 Å². The molecule has 17 heavy (non-hydrogen) atoms. The van der Waals surface area contributed by atoms with Gasteiger partial charge in [-0.2, -0.15) is 0 Å². The topological polar surface area (TPSA) is 73.0 Å². The lowest BCUT2D eigenvalue weighted by Gasteiger charge is -2.22. The van der Waals surface area contributed by atoms with Crippen molar-refractivity contribution in [2.24, 2.45) is 20.5 Å². The fraction of sp³-hybridized carbons (Fsp3) is 0.500. The third kappa shape index (κ3) is 2.38. The molecule has 2 aliphatic heterocycles. The monoisotopic (exact) mass is 234 g/mol. The molecule has 0 spiro atoms. The maximum absolute atomic E-state index is 10.8. The van der Waals surface area contributed by atoms with Crippen molar-refractivity contribution in [1.29, 1.82) is 0 Å². The summed E-state index contributed by atoms with van der Waals surface area (Å²) in [7, 11) is 1.90. The summed E-state index contributed by atoms with van der Waals surface area (Å²) in [5, 5.41) is 14.3. The van der Waals surface area contributed by atoms with Gasteiger partial charge >= 0.3 is 6.03 Å². The fourth-order valence-corrected chi connectivity index (χ4v) is 1.63. The number of urea groups is 1. The molecule has 2 amide bonds. The van der Waals surface area contributed by atoms with Gasteiger partial charge in [-0.05, 0) is 6.42 Å². The smallest absolute Gasteiger partial charge is 0.333 e. The molecular weight excluding hydrogens is 220 g/mol. The second-order valence-corrected chi connectivity index (χ2v) is 3.79. The first kappa shape index (κ1) is 11.4. The van der Waals surface area contributed by atoms with Crippen LogP contribution in [-0.2, 0) is 0 Å². The van der Waals surface area contributed by atoms with Gasteiger partial charge in [-0.25, -0.2) is 4.79 Å². The number of nitrogens with zero attached hydrogens (tertiary/aromatic N) is 6. The van der Waals surface area contributed by atoms with E-state index in [9.17, 15) is 4.79 Å². The lowest BCUT2D eigenvalue weighted by molar-refractivity contribution is 0.253. The highest BCUT2D eigenvalue weighted by Gasteiger charge is 2.23. The van der Waals surface area contributed by atoms with E-state index in [2.05, 4.69) is 27.4 Å². The second-order valence-electron chi connectivity index (χ2n) is 3.79. The highest BCUT2D eigenvalue weighted by Crippen LogP contribution is 2.25. The van der Waals surface area contributed by atoms with Crippen molar-refractivity contribution in [3.63, 3.8) is 0 Å². The average Bonchev–Trinajstić information content (AvgIpc) is 2.69. The Bertz CT molecular complexity index is 418. The van der Waals surface area contributed by atoms with Crippen molar-refractivity contribution in [1.82, 2.24) is 9.80 Å². The van der Waals surface area contributed by atoms with Crippen LogP contribution in [0.25, 0.3) is 0 Å². The van der Waals surface area contributed by atoms with Gasteiger partial charge in [-0.1, -0.05) is 23.6 Å². The van der Waals surface area contributed by atoms with E-state index >= 15 is 0 Å². The third-order valence-electron chi connectivity index (χ3n) is 2.49. The molecular formula is C10H14N6O. The number of azo groups is 2. The molecule has 0 bridgehead atoms. The van der Waals surface area contributed by atoms with Crippen LogP contribution in [-0.4, -0.2) is 29.4 Å². The first-order chi connectivity index (χ1) is 8.22. The standard InChI is InChI=1S/C10H14N6O/c1-3-4-5-16-7-6-15(2)9(16)8-11-13-10(17)14-12-8/h6-7H,3-5H2,1-2H3. The molecule has 7 heteroatoms. The molecule has 2 aliphatic rings. The van der Waals surface area contributed by atoms with Gasteiger partial charge < -0.3 is 9.80 Å². The zero-order valence-corrected chi connectivity index (χ0v) is 9.87. The summed E-state index contributed by atoms with van der Waals surface area (Å²) < 4.78 is 0. The Morgan fingerprint density at radius 3 is 2.53 bits per heavy atom. The summed E-state index contributed by atoms with van der Waals surface area (Å²) in [6, 6.07) is -0.664. The van der Waals surface area contributed by atoms with Gasteiger partial charge in [0, 0.05) is 26.0 Å². The molecule has 0 aliphatic carbocycles. The van der Waals surface area contributed by atoms with Gasteiger partial charge in [-0.3, -0.25) is 0 Å². The first-order valence-corrected chi connectivity index (χ1v) is 5.52. The Balaban J connectivity index is 2.23. The minimum absolute atomic E-state index is 0.369. The summed E-state index contributed by atoms with van der Waals surface area (Å²) in [6.07, 6.45) is 6.05. The molecule has 0 saturated heterocycles. The molecule has 90 valence electrons. The maximum atomic E-state index is 10.8. The van der Waals surface area contributed by atoms with Gasteiger partial charge in [0.2, 0.25) is 5.82 Å². The van der Waals surface area contributed by atoms with E-state index in [1.165, 1.54) is 0 Å². The molecule has 2 heterocycles. The number of unbranched alkanes of at least 4 members (excludes halogenated alkanes) is 1. The number of amides is 2. The van der Waals surface area contributed by atoms with Gasteiger partial charge in [0.05, 0.1) is 0 Å². The zero-order valence-electron chi connectivity index (χ0n) is 9.87. The Morgan fingerprint density at radius 2 is 1.88 bits per heavy atom. The van der Waals surface area contributed by atoms with E-state index in [1.54, 1.807) is 0 Å². The van der Waals surface area contributed by atoms with E-state index in [0.29, 0.717) is 5.82 Å². The molecule has 0 aromatic rings. The quantitative estimate of drug-likeness (QED) is 0.753. The SMILES string of the molecule is CCCCN1C=CN(C)C1=C1N=NC(=O)N=N1. The maximum Gasteiger partial charge on any atom is 0.404 e. The number of hydrogen-bond donors (Lipinski definition) is 0. The van der Waals surface area contributed by atoms with Gasteiger partial charge in [0.25, 0.3) is 0 Å². The Hall–Kier alpha value is -2.05. The van der Waals surface area contributed by atoms with Crippen LogP contribution in [0.4, 0.5) is 4.79 Å². The van der Waals surface area contributed by atoms with E-state index in [0.717, 1.165) is 25.2 Å². The molecule has 0 unspecified atom stereocenters. The van der Waals surface area contributed by atoms with Crippen LogP contribution in [0.2, 0.25) is 0 Å². The van der Waals surface area contributed by atoms with Crippen molar-refractivity contribution in [2.45, 2.75) is 19.8 Å². The van der Waals surface area contributed by atoms with Gasteiger partial charge in [0.15, 0.2) is 5.82 Å². The molecule has 2 rings (SSSR count). The predicted octanol–water partition coefficient (Wildman–Crippen LogP) is 2.67. The molecule has 0 aromatic heterocycles. The van der Waals surface area contributed by atoms with Crippen molar-refractivity contribution >= 4 is 6.03 Å². The minimum Gasteiger partial charge on any atom is -0.333 e. The number of carbonyl (C=O) groups excluding carboxylic acids is 1. The lowest BCUT2D eigenvalue weighted by Crippen LogP contribution is -2.23. The summed E-state index contributed by atoms with van der Waals surface area (Å²) in [5.41, 5.74) is 0. The van der Waals surface area contributed by atoms with Crippen molar-refractivity contribution < 1.29 is 4.79 Å². The van der Waals surface area contributed by atoms with E-state index in [1.807, 2.05) is 29.2 Å². The van der Waals surface area contributed by atoms with Crippen LogP contribution in [0.3, 0.4) is 0 Å². The summed E-state index contributed by atoms with van der Waals surface area (Å²) in [5.74, 6) is 1.17. The number of rotatable bonds is 3. The predicted molar refractivity (Wildman–Crippen MR) is 60.7 cm³/mol. The largest absolute Gasteiger partial charge is 0.404 e. The van der Waals surface area contributed by atoms with Crippen molar-refractivity contribution in [3.05, 3.63) is 24.0 Å². The molecule has 0 fully saturated rings. The third-order valence-corrected chi connectivity index (χ3v) is 2.49. The van der Waals surface area contributed by atoms with Gasteiger partial charge in [-0.15, -0.1) is 10.2 Å². The fourth-order valence-electron chi connectivity index (χ4n) is 1.63. The van der Waals surface area contributed by atoms with E-state index < -0.39 is 6.03 Å². The lowest BCUT2D eigenvalue weighted by atomic mass is 10.3. The molecule has 0 saturated carbocycles. The van der Waals surface area contributed by atoms with Crippen molar-refractivity contribution in [2.75, 3.05) is 13.6 Å². The summed E-state index contributed by atoms with van der Waals surface area (Å²) in [4.78, 5) is 14.7. The van der Waals surface area contributed by atoms with E-state index in [4.69, 9.17) is 0 Å². The first-order valence-electron chi connectivity index (χ1n) is 5.52. The van der Waals surface area contributed by atoms with Crippen molar-refractivity contribution in [3.8, 4) is 0 Å². The van der Waals surface area contributed by atoms with E-state index in [-0.39, 0.29) is 0 Å². The summed E-state index contributed by atoms with van der Waals surface area (Å²) in [6.45, 7) is 3.02. The Kier molecular flexibility index (Phi) is 3.27. The molecule has 0 N–H and O–H groups in total. The van der Waals surface area contributed by atoms with Crippen LogP contribution in [0.15, 0.2) is 44.5 Å². The highest BCUT2D eigenvalue weighted by atomic mass is 16.2. The Morgan fingerprint density at radius 1 is 1.18 bits per heavy atom. The van der Waals surface area contributed by atoms with Crippen LogP contribution in [0, 0.1) is 0 Å². The molecule has 0 aromatic carbocycles. The molecule has 0 radical (unpaired) electrons. The normalized spacial score (nSPS) is 18.8. The average molecular weight is 234 g/mol. The van der Waals surface area contributed by atoms with Crippen LogP contribution >= 0.6 is 0 Å². The highest BCUT2D eigenvalue weighted by molar-refractivity contribution is 5.75. The minimum atomic E-state index is -0.664. The second kappa shape index (κ2) is 4.86.